The molecule has 0 bridgehead atoms. The highest BCUT2D eigenvalue weighted by atomic mass is 19.3. The van der Waals surface area contributed by atoms with Gasteiger partial charge in [0.25, 0.3) is 6.43 Å². The maximum absolute atomic E-state index is 13.2. The number of carbonyl (C=O) groups excluding carboxylic acids is 1. The van der Waals surface area contributed by atoms with Gasteiger partial charge in [-0.15, -0.1) is 0 Å². The highest BCUT2D eigenvalue weighted by molar-refractivity contribution is 6.00. The van der Waals surface area contributed by atoms with Gasteiger partial charge in [0.1, 0.15) is 0 Å². The van der Waals surface area contributed by atoms with Crippen molar-refractivity contribution in [2.24, 2.45) is 5.73 Å². The van der Waals surface area contributed by atoms with Gasteiger partial charge in [-0.05, 0) is 19.1 Å². The van der Waals surface area contributed by atoms with Crippen LogP contribution in [0, 0.1) is 11.6 Å². The Hall–Kier alpha value is -1.43. The molecule has 0 amide bonds. The summed E-state index contributed by atoms with van der Waals surface area (Å²) in [6.45, 7) is 1.26. The molecule has 0 aliphatic carbocycles. The van der Waals surface area contributed by atoms with Crippen molar-refractivity contribution in [3.8, 4) is 0 Å². The van der Waals surface area contributed by atoms with E-state index in [1.807, 2.05) is 0 Å². The maximum Gasteiger partial charge on any atom is 0.263 e. The standard InChI is InChI=1S/C10H9F4NO/c1-4(15)9(16)6-2-5(10(13)14)3-7(11)8(6)12/h2-4,10H,15H2,1H3. The second kappa shape index (κ2) is 4.61. The SMILES string of the molecule is CC(N)C(=O)c1cc(C(F)F)cc(F)c1F. The highest BCUT2D eigenvalue weighted by Gasteiger charge is 2.22. The Labute approximate surface area is 89.1 Å². The van der Waals surface area contributed by atoms with Gasteiger partial charge >= 0.3 is 0 Å². The van der Waals surface area contributed by atoms with Crippen LogP contribution >= 0.6 is 0 Å². The Bertz CT molecular complexity index is 418. The summed E-state index contributed by atoms with van der Waals surface area (Å²) in [5.41, 5.74) is 3.69. The molecule has 0 heterocycles. The number of ketones is 1. The molecule has 1 unspecified atom stereocenters. The van der Waals surface area contributed by atoms with E-state index >= 15 is 0 Å². The van der Waals surface area contributed by atoms with Crippen LogP contribution in [0.2, 0.25) is 0 Å². The summed E-state index contributed by atoms with van der Waals surface area (Å²) in [6, 6.07) is -0.103. The number of Topliss-reactive ketones (excluding diaryl/α,β-unsaturated/α-hetero) is 1. The Morgan fingerprint density at radius 2 is 1.88 bits per heavy atom. The van der Waals surface area contributed by atoms with E-state index in [0.29, 0.717) is 12.1 Å². The Morgan fingerprint density at radius 1 is 1.31 bits per heavy atom. The molecule has 1 atom stereocenters. The molecule has 0 spiro atoms. The summed E-state index contributed by atoms with van der Waals surface area (Å²) >= 11 is 0. The van der Waals surface area contributed by atoms with Gasteiger partial charge < -0.3 is 5.73 Å². The summed E-state index contributed by atoms with van der Waals surface area (Å²) in [6.07, 6.45) is -2.98. The van der Waals surface area contributed by atoms with Crippen molar-refractivity contribution in [1.82, 2.24) is 0 Å². The molecule has 1 rings (SSSR count). The van der Waals surface area contributed by atoms with Gasteiger partial charge in [-0.2, -0.15) is 0 Å². The van der Waals surface area contributed by atoms with Crippen molar-refractivity contribution in [3.63, 3.8) is 0 Å². The number of benzene rings is 1. The zero-order valence-electron chi connectivity index (χ0n) is 8.31. The monoisotopic (exact) mass is 235 g/mol. The molecule has 16 heavy (non-hydrogen) atoms. The molecule has 0 fully saturated rings. The molecule has 0 aliphatic heterocycles. The Kier molecular flexibility index (Phi) is 3.64. The third-order valence-corrected chi connectivity index (χ3v) is 1.98. The van der Waals surface area contributed by atoms with Crippen LogP contribution in [0.25, 0.3) is 0 Å². The predicted octanol–water partition coefficient (Wildman–Crippen LogP) is 2.43. The first-order valence-corrected chi connectivity index (χ1v) is 4.41. The van der Waals surface area contributed by atoms with Crippen molar-refractivity contribution >= 4 is 5.78 Å². The zero-order valence-corrected chi connectivity index (χ0v) is 8.31. The summed E-state index contributed by atoms with van der Waals surface area (Å²) in [4.78, 5) is 11.3. The first-order valence-electron chi connectivity index (χ1n) is 4.41. The molecule has 0 saturated heterocycles. The fraction of sp³-hybridized carbons (Fsp3) is 0.300. The van der Waals surface area contributed by atoms with Gasteiger partial charge in [-0.1, -0.05) is 0 Å². The Balaban J connectivity index is 3.32. The van der Waals surface area contributed by atoms with E-state index in [9.17, 15) is 22.4 Å². The predicted molar refractivity (Wildman–Crippen MR) is 49.3 cm³/mol. The van der Waals surface area contributed by atoms with Crippen LogP contribution in [0.4, 0.5) is 17.6 Å². The van der Waals surface area contributed by atoms with Crippen LogP contribution in [0.1, 0.15) is 29.3 Å². The summed E-state index contributed by atoms with van der Waals surface area (Å²) in [7, 11) is 0. The van der Waals surface area contributed by atoms with E-state index in [1.54, 1.807) is 0 Å². The molecule has 2 N–H and O–H groups in total. The molecule has 1 aromatic carbocycles. The molecule has 88 valence electrons. The lowest BCUT2D eigenvalue weighted by atomic mass is 10.0. The van der Waals surface area contributed by atoms with Gasteiger partial charge in [0.15, 0.2) is 17.4 Å². The molecule has 0 saturated carbocycles. The van der Waals surface area contributed by atoms with Crippen LogP contribution in [-0.2, 0) is 0 Å². The molecule has 6 heteroatoms. The molecule has 2 nitrogen and oxygen atoms in total. The van der Waals surface area contributed by atoms with Crippen LogP contribution in [0.3, 0.4) is 0 Å². The van der Waals surface area contributed by atoms with Crippen LogP contribution < -0.4 is 5.73 Å². The maximum atomic E-state index is 13.2. The van der Waals surface area contributed by atoms with Crippen molar-refractivity contribution in [3.05, 3.63) is 34.9 Å². The number of alkyl halides is 2. The number of nitrogens with two attached hydrogens (primary N) is 1. The number of hydrogen-bond donors (Lipinski definition) is 1. The number of hydrogen-bond acceptors (Lipinski definition) is 2. The van der Waals surface area contributed by atoms with Gasteiger partial charge in [0, 0.05) is 5.56 Å². The fourth-order valence-electron chi connectivity index (χ4n) is 1.16. The van der Waals surface area contributed by atoms with E-state index in [0.717, 1.165) is 0 Å². The molecular weight excluding hydrogens is 226 g/mol. The fourth-order valence-corrected chi connectivity index (χ4v) is 1.16. The van der Waals surface area contributed by atoms with Gasteiger partial charge in [-0.3, -0.25) is 4.79 Å². The molecule has 0 aromatic heterocycles. The summed E-state index contributed by atoms with van der Waals surface area (Å²) in [5.74, 6) is -3.85. The van der Waals surface area contributed by atoms with Crippen LogP contribution in [-0.4, -0.2) is 11.8 Å². The van der Waals surface area contributed by atoms with E-state index in [2.05, 4.69) is 0 Å². The van der Waals surface area contributed by atoms with Crippen LogP contribution in [0.5, 0.6) is 0 Å². The minimum Gasteiger partial charge on any atom is -0.321 e. The van der Waals surface area contributed by atoms with Gasteiger partial charge in [0.05, 0.1) is 11.6 Å². The van der Waals surface area contributed by atoms with E-state index in [-0.39, 0.29) is 0 Å². The second-order valence-corrected chi connectivity index (χ2v) is 3.32. The zero-order chi connectivity index (χ0) is 12.5. The molecule has 0 aliphatic rings. The first-order chi connectivity index (χ1) is 7.34. The number of carbonyl (C=O) groups is 1. The van der Waals surface area contributed by atoms with E-state index < -0.39 is 41.0 Å². The third-order valence-electron chi connectivity index (χ3n) is 1.98. The lowest BCUT2D eigenvalue weighted by Crippen LogP contribution is -2.27. The Morgan fingerprint density at radius 3 is 2.31 bits per heavy atom. The lowest BCUT2D eigenvalue weighted by molar-refractivity contribution is 0.0962. The molecule has 1 aromatic rings. The second-order valence-electron chi connectivity index (χ2n) is 3.32. The number of halogens is 4. The topological polar surface area (TPSA) is 43.1 Å². The largest absolute Gasteiger partial charge is 0.321 e. The minimum atomic E-state index is -2.98. The first kappa shape index (κ1) is 12.6. The average Bonchev–Trinajstić information content (AvgIpc) is 2.20. The van der Waals surface area contributed by atoms with Crippen molar-refractivity contribution in [2.75, 3.05) is 0 Å². The highest BCUT2D eigenvalue weighted by Crippen LogP contribution is 2.24. The van der Waals surface area contributed by atoms with E-state index in [4.69, 9.17) is 5.73 Å². The number of rotatable bonds is 3. The summed E-state index contributed by atoms with van der Waals surface area (Å²) < 4.78 is 50.7. The van der Waals surface area contributed by atoms with Crippen LogP contribution in [0.15, 0.2) is 12.1 Å². The normalized spacial score (nSPS) is 12.9. The van der Waals surface area contributed by atoms with Crippen molar-refractivity contribution in [2.45, 2.75) is 19.4 Å². The summed E-state index contributed by atoms with van der Waals surface area (Å²) in [5, 5.41) is 0. The molecule has 0 radical (unpaired) electrons. The van der Waals surface area contributed by atoms with E-state index in [1.165, 1.54) is 6.92 Å². The molecular formula is C10H9F4NO. The van der Waals surface area contributed by atoms with Crippen molar-refractivity contribution < 1.29 is 22.4 Å². The lowest BCUT2D eigenvalue weighted by Gasteiger charge is -2.08. The minimum absolute atomic E-state index is 0.359. The van der Waals surface area contributed by atoms with Gasteiger partial charge in [-0.25, -0.2) is 17.6 Å². The van der Waals surface area contributed by atoms with Crippen molar-refractivity contribution in [1.29, 1.82) is 0 Å². The third kappa shape index (κ3) is 2.38. The van der Waals surface area contributed by atoms with Gasteiger partial charge in [0.2, 0.25) is 0 Å². The quantitative estimate of drug-likeness (QED) is 0.645. The average molecular weight is 235 g/mol. The smallest absolute Gasteiger partial charge is 0.263 e.